The molecule has 2 N–H and O–H groups in total. The van der Waals surface area contributed by atoms with Gasteiger partial charge in [0.15, 0.2) is 5.96 Å². The van der Waals surface area contributed by atoms with E-state index in [1.807, 2.05) is 0 Å². The lowest BCUT2D eigenvalue weighted by atomic mass is 9.55. The Hall–Kier alpha value is -0.900. The minimum atomic E-state index is 0. The molecule has 2 atom stereocenters. The topological polar surface area (TPSA) is 76.4 Å². The summed E-state index contributed by atoms with van der Waals surface area (Å²) in [6.45, 7) is 7.86. The third-order valence-electron chi connectivity index (χ3n) is 7.61. The van der Waals surface area contributed by atoms with Gasteiger partial charge in [-0.1, -0.05) is 25.7 Å². The second kappa shape index (κ2) is 12.5. The van der Waals surface area contributed by atoms with Gasteiger partial charge in [0.05, 0.1) is 6.10 Å². The Morgan fingerprint density at radius 1 is 1.12 bits per heavy atom. The van der Waals surface area contributed by atoms with Crippen LogP contribution >= 0.6 is 24.0 Å². The van der Waals surface area contributed by atoms with Crippen molar-refractivity contribution in [2.75, 3.05) is 19.7 Å². The molecule has 1 aromatic heterocycles. The number of hydrogen-bond donors (Lipinski definition) is 2. The molecule has 2 aliphatic carbocycles. The maximum Gasteiger partial charge on any atom is 0.191 e. The highest BCUT2D eigenvalue weighted by molar-refractivity contribution is 14.0. The van der Waals surface area contributed by atoms with Crippen LogP contribution in [0.15, 0.2) is 4.99 Å². The zero-order chi connectivity index (χ0) is 21.5. The number of hydrogen-bond acceptors (Lipinski definition) is 4. The molecule has 7 nitrogen and oxygen atoms in total. The Morgan fingerprint density at radius 2 is 1.94 bits per heavy atom. The predicted octanol–water partition coefficient (Wildman–Crippen LogP) is 4.24. The van der Waals surface area contributed by atoms with Crippen LogP contribution in [0.4, 0.5) is 0 Å². The molecule has 0 aromatic carbocycles. The maximum absolute atomic E-state index is 6.12. The van der Waals surface area contributed by atoms with E-state index in [0.29, 0.717) is 17.6 Å². The van der Waals surface area contributed by atoms with Crippen LogP contribution in [0.2, 0.25) is 0 Å². The first-order valence-electron chi connectivity index (χ1n) is 12.8. The molecular formula is C24H43IN6O. The molecule has 2 heterocycles. The number of halogens is 1. The van der Waals surface area contributed by atoms with Crippen molar-refractivity contribution in [3.05, 3.63) is 11.6 Å². The number of rotatable bonds is 8. The van der Waals surface area contributed by atoms with Gasteiger partial charge in [-0.15, -0.1) is 34.2 Å². The number of aliphatic imine (C=N–C) groups is 1. The molecule has 32 heavy (non-hydrogen) atoms. The van der Waals surface area contributed by atoms with Gasteiger partial charge >= 0.3 is 0 Å². The van der Waals surface area contributed by atoms with Crippen LogP contribution in [0.25, 0.3) is 0 Å². The van der Waals surface area contributed by atoms with Gasteiger partial charge in [0, 0.05) is 50.5 Å². The molecule has 1 aromatic rings. The van der Waals surface area contributed by atoms with Crippen LogP contribution in [0.1, 0.15) is 89.7 Å². The third kappa shape index (κ3) is 5.77. The van der Waals surface area contributed by atoms with Gasteiger partial charge in [0.2, 0.25) is 0 Å². The number of guanidine groups is 1. The zero-order valence-corrected chi connectivity index (χ0v) is 22.4. The fraction of sp³-hybridized carbons (Fsp3) is 0.875. The largest absolute Gasteiger partial charge is 0.378 e. The molecule has 0 radical (unpaired) electrons. The highest BCUT2D eigenvalue weighted by atomic mass is 127. The van der Waals surface area contributed by atoms with Crippen LogP contribution in [-0.4, -0.2) is 52.6 Å². The number of fused-ring (bicyclic) bond motifs is 1. The molecule has 1 spiro atoms. The Bertz CT molecular complexity index is 730. The lowest BCUT2D eigenvalue weighted by Gasteiger charge is -2.58. The number of aromatic nitrogens is 3. The highest BCUT2D eigenvalue weighted by Gasteiger charge is 2.55. The summed E-state index contributed by atoms with van der Waals surface area (Å²) >= 11 is 0. The molecule has 2 fully saturated rings. The van der Waals surface area contributed by atoms with Gasteiger partial charge in [-0.05, 0) is 52.4 Å². The Balaban J connectivity index is 0.00000289. The van der Waals surface area contributed by atoms with Crippen LogP contribution in [0.5, 0.6) is 0 Å². The van der Waals surface area contributed by atoms with Crippen molar-refractivity contribution >= 4 is 29.9 Å². The van der Waals surface area contributed by atoms with E-state index >= 15 is 0 Å². The molecule has 2 saturated carbocycles. The minimum Gasteiger partial charge on any atom is -0.378 e. The Labute approximate surface area is 211 Å². The molecule has 182 valence electrons. The Kier molecular flexibility index (Phi) is 10.1. The smallest absolute Gasteiger partial charge is 0.191 e. The molecule has 0 amide bonds. The minimum absolute atomic E-state index is 0. The molecule has 3 aliphatic rings. The van der Waals surface area contributed by atoms with Gasteiger partial charge < -0.3 is 19.9 Å². The molecular weight excluding hydrogens is 515 g/mol. The van der Waals surface area contributed by atoms with E-state index in [2.05, 4.69) is 39.2 Å². The predicted molar refractivity (Wildman–Crippen MR) is 140 cm³/mol. The summed E-state index contributed by atoms with van der Waals surface area (Å²) in [6.07, 6.45) is 14.9. The first-order valence-corrected chi connectivity index (χ1v) is 12.8. The van der Waals surface area contributed by atoms with Gasteiger partial charge in [-0.25, -0.2) is 0 Å². The van der Waals surface area contributed by atoms with E-state index in [1.54, 1.807) is 0 Å². The normalized spacial score (nSPS) is 24.8. The monoisotopic (exact) mass is 558 g/mol. The first-order chi connectivity index (χ1) is 15.3. The van der Waals surface area contributed by atoms with E-state index < -0.39 is 0 Å². The number of nitrogens with one attached hydrogen (secondary N) is 2. The van der Waals surface area contributed by atoms with Crippen molar-refractivity contribution in [2.24, 2.45) is 10.4 Å². The summed E-state index contributed by atoms with van der Waals surface area (Å²) < 4.78 is 8.48. The summed E-state index contributed by atoms with van der Waals surface area (Å²) in [5, 5.41) is 16.1. The van der Waals surface area contributed by atoms with E-state index in [0.717, 1.165) is 63.7 Å². The molecule has 4 rings (SSSR count). The molecule has 0 bridgehead atoms. The van der Waals surface area contributed by atoms with Crippen LogP contribution in [0, 0.1) is 5.41 Å². The number of nitrogens with zero attached hydrogens (tertiary/aromatic N) is 4. The lowest BCUT2D eigenvalue weighted by molar-refractivity contribution is -0.145. The fourth-order valence-electron chi connectivity index (χ4n) is 5.91. The summed E-state index contributed by atoms with van der Waals surface area (Å²) in [6, 6.07) is 0.481. The van der Waals surface area contributed by atoms with Crippen LogP contribution in [-0.2, 0) is 24.1 Å². The SMILES string of the molecule is CCNC(=NCCCc1nnc2n1CCCCC2)NC1CC(OCC)C12CCCCC2.I. The van der Waals surface area contributed by atoms with E-state index in [-0.39, 0.29) is 24.0 Å². The van der Waals surface area contributed by atoms with Crippen molar-refractivity contribution in [3.8, 4) is 0 Å². The summed E-state index contributed by atoms with van der Waals surface area (Å²) in [5.41, 5.74) is 0.309. The summed E-state index contributed by atoms with van der Waals surface area (Å²) in [5.74, 6) is 3.29. The van der Waals surface area contributed by atoms with E-state index in [9.17, 15) is 0 Å². The van der Waals surface area contributed by atoms with Gasteiger partial charge in [-0.3, -0.25) is 4.99 Å². The van der Waals surface area contributed by atoms with Gasteiger partial charge in [-0.2, -0.15) is 0 Å². The average Bonchev–Trinajstić information content (AvgIpc) is 3.02. The highest BCUT2D eigenvalue weighted by Crippen LogP contribution is 2.53. The molecule has 1 aliphatic heterocycles. The number of ether oxygens (including phenoxy) is 1. The number of aryl methyl sites for hydroxylation is 2. The Morgan fingerprint density at radius 3 is 2.72 bits per heavy atom. The average molecular weight is 559 g/mol. The summed E-state index contributed by atoms with van der Waals surface area (Å²) in [7, 11) is 0. The van der Waals surface area contributed by atoms with Gasteiger partial charge in [0.25, 0.3) is 0 Å². The fourth-order valence-corrected chi connectivity index (χ4v) is 5.91. The van der Waals surface area contributed by atoms with Crippen molar-refractivity contribution < 1.29 is 4.74 Å². The second-order valence-electron chi connectivity index (χ2n) is 9.53. The quantitative estimate of drug-likeness (QED) is 0.216. The van der Waals surface area contributed by atoms with Crippen LogP contribution < -0.4 is 10.6 Å². The van der Waals surface area contributed by atoms with Crippen LogP contribution in [0.3, 0.4) is 0 Å². The van der Waals surface area contributed by atoms with E-state index in [4.69, 9.17) is 9.73 Å². The van der Waals surface area contributed by atoms with Crippen molar-refractivity contribution in [1.82, 2.24) is 25.4 Å². The first kappa shape index (κ1) is 25.7. The van der Waals surface area contributed by atoms with Crippen molar-refractivity contribution in [1.29, 1.82) is 0 Å². The maximum atomic E-state index is 6.12. The standard InChI is InChI=1S/C24H42N6O.HI/c1-3-25-23(27-19-18-20(31-4-2)24(19)14-8-6-9-15-24)26-16-11-13-22-29-28-21-12-7-5-10-17-30(21)22;/h19-20H,3-18H2,1-2H3,(H2,25,26,27);1H. The molecule has 8 heteroatoms. The van der Waals surface area contributed by atoms with Crippen molar-refractivity contribution in [2.45, 2.75) is 110 Å². The third-order valence-corrected chi connectivity index (χ3v) is 7.61. The second-order valence-corrected chi connectivity index (χ2v) is 9.53. The zero-order valence-electron chi connectivity index (χ0n) is 20.1. The van der Waals surface area contributed by atoms with E-state index in [1.165, 1.54) is 57.2 Å². The van der Waals surface area contributed by atoms with Gasteiger partial charge in [0.1, 0.15) is 11.6 Å². The summed E-state index contributed by atoms with van der Waals surface area (Å²) in [4.78, 5) is 4.91. The molecule has 0 saturated heterocycles. The van der Waals surface area contributed by atoms with Crippen molar-refractivity contribution in [3.63, 3.8) is 0 Å². The molecule has 2 unspecified atom stereocenters. The lowest BCUT2D eigenvalue weighted by Crippen LogP contribution is -2.66.